The van der Waals surface area contributed by atoms with E-state index >= 15 is 0 Å². The standard InChI is InChI=1S/C20H25NO5/c1-13(2)12-26-16-8-6-7-15(11-16)21-20(22)14-9-17(23-3)19(25-5)18(10-14)24-4/h6-11,13H,12H2,1-5H3,(H,21,22). The summed E-state index contributed by atoms with van der Waals surface area (Å²) in [7, 11) is 4.53. The molecule has 2 rings (SSSR count). The van der Waals surface area contributed by atoms with Crippen LogP contribution in [0.2, 0.25) is 0 Å². The Balaban J connectivity index is 2.21. The maximum atomic E-state index is 12.6. The van der Waals surface area contributed by atoms with Gasteiger partial charge in [0.2, 0.25) is 5.75 Å². The molecule has 26 heavy (non-hydrogen) atoms. The van der Waals surface area contributed by atoms with Crippen molar-refractivity contribution in [1.29, 1.82) is 0 Å². The van der Waals surface area contributed by atoms with Gasteiger partial charge in [0.1, 0.15) is 5.75 Å². The molecule has 0 bridgehead atoms. The van der Waals surface area contributed by atoms with Crippen LogP contribution in [0.5, 0.6) is 23.0 Å². The normalized spacial score (nSPS) is 10.4. The molecule has 0 aromatic heterocycles. The van der Waals surface area contributed by atoms with Crippen molar-refractivity contribution in [3.8, 4) is 23.0 Å². The minimum absolute atomic E-state index is 0.287. The fraction of sp³-hybridized carbons (Fsp3) is 0.350. The summed E-state index contributed by atoms with van der Waals surface area (Å²) < 4.78 is 21.5. The average Bonchev–Trinajstić information content (AvgIpc) is 2.65. The number of rotatable bonds is 8. The van der Waals surface area contributed by atoms with Gasteiger partial charge in [-0.1, -0.05) is 19.9 Å². The molecule has 0 aliphatic heterocycles. The van der Waals surface area contributed by atoms with Crippen molar-refractivity contribution in [2.45, 2.75) is 13.8 Å². The molecule has 6 nitrogen and oxygen atoms in total. The first kappa shape index (κ1) is 19.4. The van der Waals surface area contributed by atoms with E-state index in [1.807, 2.05) is 12.1 Å². The van der Waals surface area contributed by atoms with E-state index in [2.05, 4.69) is 19.2 Å². The van der Waals surface area contributed by atoms with Crippen LogP contribution in [0.3, 0.4) is 0 Å². The molecule has 0 aliphatic carbocycles. The number of carbonyl (C=O) groups is 1. The number of hydrogen-bond donors (Lipinski definition) is 1. The van der Waals surface area contributed by atoms with Crippen LogP contribution in [0.1, 0.15) is 24.2 Å². The Morgan fingerprint density at radius 3 is 2.19 bits per heavy atom. The van der Waals surface area contributed by atoms with Gasteiger partial charge in [0.25, 0.3) is 5.91 Å². The van der Waals surface area contributed by atoms with Gasteiger partial charge in [0.05, 0.1) is 27.9 Å². The molecule has 0 fully saturated rings. The summed E-state index contributed by atoms with van der Waals surface area (Å²) in [6.07, 6.45) is 0. The summed E-state index contributed by atoms with van der Waals surface area (Å²) in [4.78, 5) is 12.6. The number of carbonyl (C=O) groups excluding carboxylic acids is 1. The Morgan fingerprint density at radius 1 is 1.00 bits per heavy atom. The zero-order valence-electron chi connectivity index (χ0n) is 15.8. The van der Waals surface area contributed by atoms with E-state index < -0.39 is 0 Å². The SMILES string of the molecule is COc1cc(C(=O)Nc2cccc(OCC(C)C)c2)cc(OC)c1OC. The van der Waals surface area contributed by atoms with E-state index in [4.69, 9.17) is 18.9 Å². The predicted molar refractivity (Wildman–Crippen MR) is 101 cm³/mol. The smallest absolute Gasteiger partial charge is 0.255 e. The second-order valence-electron chi connectivity index (χ2n) is 6.10. The summed E-state index contributed by atoms with van der Waals surface area (Å²) >= 11 is 0. The third-order valence-corrected chi connectivity index (χ3v) is 3.60. The van der Waals surface area contributed by atoms with Crippen LogP contribution in [0.25, 0.3) is 0 Å². The molecule has 0 unspecified atom stereocenters. The van der Waals surface area contributed by atoms with Crippen LogP contribution in [0, 0.1) is 5.92 Å². The van der Waals surface area contributed by atoms with Crippen LogP contribution >= 0.6 is 0 Å². The first-order chi connectivity index (χ1) is 12.5. The number of ether oxygens (including phenoxy) is 4. The van der Waals surface area contributed by atoms with Gasteiger partial charge >= 0.3 is 0 Å². The molecule has 2 aromatic carbocycles. The lowest BCUT2D eigenvalue weighted by Crippen LogP contribution is -2.13. The number of nitrogens with one attached hydrogen (secondary N) is 1. The molecule has 0 saturated carbocycles. The van der Waals surface area contributed by atoms with Gasteiger partial charge in [-0.3, -0.25) is 4.79 Å². The third kappa shape index (κ3) is 4.81. The van der Waals surface area contributed by atoms with Crippen LogP contribution in [-0.4, -0.2) is 33.8 Å². The van der Waals surface area contributed by atoms with E-state index in [9.17, 15) is 4.79 Å². The van der Waals surface area contributed by atoms with Crippen molar-refractivity contribution in [2.24, 2.45) is 5.92 Å². The summed E-state index contributed by atoms with van der Waals surface area (Å²) in [5, 5.41) is 2.86. The largest absolute Gasteiger partial charge is 0.493 e. The number of benzene rings is 2. The summed E-state index contributed by atoms with van der Waals surface area (Å²) in [6, 6.07) is 10.5. The molecule has 0 heterocycles. The Hall–Kier alpha value is -2.89. The molecule has 140 valence electrons. The Bertz CT molecular complexity index is 733. The molecule has 0 radical (unpaired) electrons. The van der Waals surface area contributed by atoms with E-state index in [1.54, 1.807) is 24.3 Å². The van der Waals surface area contributed by atoms with Crippen molar-refractivity contribution in [2.75, 3.05) is 33.3 Å². The fourth-order valence-electron chi connectivity index (χ4n) is 2.34. The molecule has 1 N–H and O–H groups in total. The van der Waals surface area contributed by atoms with E-state index in [1.165, 1.54) is 21.3 Å². The van der Waals surface area contributed by atoms with Crippen LogP contribution in [-0.2, 0) is 0 Å². The molecule has 0 spiro atoms. The van der Waals surface area contributed by atoms with E-state index in [0.29, 0.717) is 46.8 Å². The summed E-state index contributed by atoms with van der Waals surface area (Å²) in [5.74, 6) is 2.13. The zero-order valence-corrected chi connectivity index (χ0v) is 15.8. The highest BCUT2D eigenvalue weighted by atomic mass is 16.5. The second kappa shape index (κ2) is 8.99. The lowest BCUT2D eigenvalue weighted by Gasteiger charge is -2.14. The van der Waals surface area contributed by atoms with E-state index in [0.717, 1.165) is 0 Å². The molecule has 0 atom stereocenters. The first-order valence-electron chi connectivity index (χ1n) is 8.32. The maximum absolute atomic E-state index is 12.6. The number of amides is 1. The number of methoxy groups -OCH3 is 3. The first-order valence-corrected chi connectivity index (χ1v) is 8.32. The predicted octanol–water partition coefficient (Wildman–Crippen LogP) is 4.00. The lowest BCUT2D eigenvalue weighted by atomic mass is 10.1. The highest BCUT2D eigenvalue weighted by Crippen LogP contribution is 2.38. The second-order valence-corrected chi connectivity index (χ2v) is 6.10. The van der Waals surface area contributed by atoms with Crippen molar-refractivity contribution in [1.82, 2.24) is 0 Å². The maximum Gasteiger partial charge on any atom is 0.255 e. The number of anilines is 1. The van der Waals surface area contributed by atoms with Crippen LogP contribution in [0.15, 0.2) is 36.4 Å². The molecule has 2 aromatic rings. The molecule has 0 aliphatic rings. The minimum atomic E-state index is -0.287. The topological polar surface area (TPSA) is 66.0 Å². The van der Waals surface area contributed by atoms with Gasteiger partial charge in [0.15, 0.2) is 11.5 Å². The molecular weight excluding hydrogens is 334 g/mol. The molecule has 0 saturated heterocycles. The van der Waals surface area contributed by atoms with Crippen molar-refractivity contribution in [3.05, 3.63) is 42.0 Å². The van der Waals surface area contributed by atoms with Gasteiger partial charge in [-0.15, -0.1) is 0 Å². The van der Waals surface area contributed by atoms with Crippen LogP contribution in [0.4, 0.5) is 5.69 Å². The molecule has 6 heteroatoms. The minimum Gasteiger partial charge on any atom is -0.493 e. The van der Waals surface area contributed by atoms with Gasteiger partial charge in [-0.2, -0.15) is 0 Å². The Labute approximate surface area is 154 Å². The van der Waals surface area contributed by atoms with Gasteiger partial charge < -0.3 is 24.3 Å². The van der Waals surface area contributed by atoms with E-state index in [-0.39, 0.29) is 5.91 Å². The lowest BCUT2D eigenvalue weighted by molar-refractivity contribution is 0.102. The van der Waals surface area contributed by atoms with Gasteiger partial charge in [0, 0.05) is 17.3 Å². The molecular formula is C20H25NO5. The third-order valence-electron chi connectivity index (χ3n) is 3.60. The van der Waals surface area contributed by atoms with Crippen molar-refractivity contribution in [3.63, 3.8) is 0 Å². The average molecular weight is 359 g/mol. The zero-order chi connectivity index (χ0) is 19.1. The van der Waals surface area contributed by atoms with Crippen molar-refractivity contribution >= 4 is 11.6 Å². The van der Waals surface area contributed by atoms with Crippen LogP contribution < -0.4 is 24.3 Å². The Kier molecular flexibility index (Phi) is 6.72. The number of hydrogen-bond acceptors (Lipinski definition) is 5. The quantitative estimate of drug-likeness (QED) is 0.772. The molecule has 1 amide bonds. The van der Waals surface area contributed by atoms with Crippen molar-refractivity contribution < 1.29 is 23.7 Å². The van der Waals surface area contributed by atoms with Gasteiger partial charge in [-0.05, 0) is 30.2 Å². The fourth-order valence-corrected chi connectivity index (χ4v) is 2.34. The summed E-state index contributed by atoms with van der Waals surface area (Å²) in [5.41, 5.74) is 1.04. The Morgan fingerprint density at radius 2 is 1.65 bits per heavy atom. The summed E-state index contributed by atoms with van der Waals surface area (Å²) in [6.45, 7) is 4.77. The highest BCUT2D eigenvalue weighted by molar-refractivity contribution is 6.05. The highest BCUT2D eigenvalue weighted by Gasteiger charge is 2.17. The van der Waals surface area contributed by atoms with Gasteiger partial charge in [-0.25, -0.2) is 0 Å². The monoisotopic (exact) mass is 359 g/mol.